The molecule has 6 nitrogen and oxygen atoms in total. The van der Waals surface area contributed by atoms with Gasteiger partial charge in [-0.1, -0.05) is 12.1 Å². The van der Waals surface area contributed by atoms with Gasteiger partial charge in [-0.2, -0.15) is 0 Å². The molecule has 1 spiro atoms. The van der Waals surface area contributed by atoms with E-state index in [1.807, 2.05) is 0 Å². The van der Waals surface area contributed by atoms with Crippen molar-refractivity contribution in [3.8, 4) is 0 Å². The van der Waals surface area contributed by atoms with Gasteiger partial charge in [0.25, 0.3) is 5.91 Å². The first kappa shape index (κ1) is 16.3. The van der Waals surface area contributed by atoms with Crippen LogP contribution in [0.5, 0.6) is 0 Å². The summed E-state index contributed by atoms with van der Waals surface area (Å²) in [7, 11) is 0. The van der Waals surface area contributed by atoms with E-state index >= 15 is 0 Å². The Kier molecular flexibility index (Phi) is 4.52. The van der Waals surface area contributed by atoms with Gasteiger partial charge in [-0.15, -0.1) is 0 Å². The average molecular weight is 334 g/mol. The minimum Gasteiger partial charge on any atom is -0.385 e. The molecular formula is C18H30N4O2. The molecule has 4 rings (SSSR count). The molecule has 3 fully saturated rings. The number of carbonyl (C=O) groups excluding carboxylic acids is 1. The Labute approximate surface area is 144 Å². The Morgan fingerprint density at radius 1 is 1.25 bits per heavy atom. The lowest BCUT2D eigenvalue weighted by Gasteiger charge is -2.44. The third-order valence-electron chi connectivity index (χ3n) is 5.97. The first-order chi connectivity index (χ1) is 11.7. The van der Waals surface area contributed by atoms with Crippen LogP contribution >= 0.6 is 0 Å². The molecule has 1 amide bonds. The highest BCUT2D eigenvalue weighted by Crippen LogP contribution is 2.35. The molecular weight excluding hydrogens is 304 g/mol. The van der Waals surface area contributed by atoms with Gasteiger partial charge in [-0.05, 0) is 63.6 Å². The molecule has 6 heteroatoms. The van der Waals surface area contributed by atoms with E-state index in [9.17, 15) is 4.79 Å². The SMILES string of the molecule is CCN1CC[C@H](NCC2CC2)[C@]2(CC(C(=O)NCC3CC3)=NO2)C1. The van der Waals surface area contributed by atoms with Gasteiger partial charge in [-0.25, -0.2) is 0 Å². The van der Waals surface area contributed by atoms with Gasteiger partial charge in [0, 0.05) is 19.5 Å². The van der Waals surface area contributed by atoms with E-state index in [-0.39, 0.29) is 11.5 Å². The van der Waals surface area contributed by atoms with E-state index in [2.05, 4.69) is 27.6 Å². The minimum atomic E-state index is -0.366. The highest BCUT2D eigenvalue weighted by Gasteiger charge is 2.51. The van der Waals surface area contributed by atoms with Gasteiger partial charge in [0.1, 0.15) is 5.71 Å². The van der Waals surface area contributed by atoms with Crippen LogP contribution in [0, 0.1) is 11.8 Å². The largest absolute Gasteiger partial charge is 0.385 e. The number of carbonyl (C=O) groups is 1. The molecule has 2 saturated carbocycles. The predicted molar refractivity (Wildman–Crippen MR) is 92.8 cm³/mol. The molecule has 4 aliphatic rings. The van der Waals surface area contributed by atoms with E-state index in [1.54, 1.807) is 0 Å². The second kappa shape index (κ2) is 6.64. The van der Waals surface area contributed by atoms with Gasteiger partial charge < -0.3 is 15.5 Å². The van der Waals surface area contributed by atoms with Crippen molar-refractivity contribution in [3.05, 3.63) is 0 Å². The smallest absolute Gasteiger partial charge is 0.269 e. The molecule has 0 unspecified atom stereocenters. The van der Waals surface area contributed by atoms with E-state index < -0.39 is 0 Å². The zero-order valence-electron chi connectivity index (χ0n) is 14.7. The average Bonchev–Trinajstić information content (AvgIpc) is 3.51. The molecule has 134 valence electrons. The molecule has 2 N–H and O–H groups in total. The summed E-state index contributed by atoms with van der Waals surface area (Å²) < 4.78 is 0. The van der Waals surface area contributed by atoms with E-state index in [0.717, 1.165) is 45.1 Å². The van der Waals surface area contributed by atoms with Gasteiger partial charge >= 0.3 is 0 Å². The standard InChI is InChI=1S/C18H30N4O2/c1-2-22-8-7-16(19-10-13-3-4-13)18(12-22)9-15(21-24-18)17(23)20-11-14-5-6-14/h13-14,16,19H,2-12H2,1H3,(H,20,23)/t16-,18-/m0/s1. The zero-order chi connectivity index (χ0) is 16.6. The second-order valence-electron chi connectivity index (χ2n) is 8.09. The number of nitrogens with zero attached hydrogens (tertiary/aromatic N) is 2. The van der Waals surface area contributed by atoms with Crippen molar-refractivity contribution >= 4 is 11.6 Å². The van der Waals surface area contributed by atoms with Crippen LogP contribution in [0.4, 0.5) is 0 Å². The van der Waals surface area contributed by atoms with E-state index in [4.69, 9.17) is 4.84 Å². The minimum absolute atomic E-state index is 0.0339. The summed E-state index contributed by atoms with van der Waals surface area (Å²) in [6.07, 6.45) is 6.87. The number of oxime groups is 1. The second-order valence-corrected chi connectivity index (χ2v) is 8.09. The number of hydrogen-bond acceptors (Lipinski definition) is 5. The van der Waals surface area contributed by atoms with Crippen molar-refractivity contribution in [1.29, 1.82) is 0 Å². The maximum absolute atomic E-state index is 12.4. The molecule has 1 saturated heterocycles. The number of piperidine rings is 1. The Morgan fingerprint density at radius 3 is 2.71 bits per heavy atom. The van der Waals surface area contributed by atoms with Crippen LogP contribution in [-0.4, -0.2) is 60.9 Å². The maximum Gasteiger partial charge on any atom is 0.269 e. The van der Waals surface area contributed by atoms with Crippen molar-refractivity contribution in [2.45, 2.75) is 57.1 Å². The van der Waals surface area contributed by atoms with Crippen LogP contribution in [0.2, 0.25) is 0 Å². The number of hydrogen-bond donors (Lipinski definition) is 2. The third kappa shape index (κ3) is 3.59. The van der Waals surface area contributed by atoms with Gasteiger partial charge in [0.05, 0.1) is 6.04 Å². The quantitative estimate of drug-likeness (QED) is 0.732. The topological polar surface area (TPSA) is 66.0 Å². The number of nitrogens with one attached hydrogen (secondary N) is 2. The molecule has 0 aromatic carbocycles. The van der Waals surface area contributed by atoms with Gasteiger partial charge in [-0.3, -0.25) is 9.69 Å². The summed E-state index contributed by atoms with van der Waals surface area (Å²) in [6, 6.07) is 0.290. The first-order valence-electron chi connectivity index (χ1n) is 9.67. The number of rotatable bonds is 7. The molecule has 0 bridgehead atoms. The summed E-state index contributed by atoms with van der Waals surface area (Å²) >= 11 is 0. The van der Waals surface area contributed by atoms with Crippen LogP contribution in [0.25, 0.3) is 0 Å². The fourth-order valence-electron chi connectivity index (χ4n) is 3.88. The van der Waals surface area contributed by atoms with Crippen LogP contribution in [0.15, 0.2) is 5.16 Å². The number of likely N-dealkylation sites (N-methyl/N-ethyl adjacent to an activating group) is 1. The number of amides is 1. The van der Waals surface area contributed by atoms with Gasteiger partial charge in [0.15, 0.2) is 5.60 Å². The molecule has 0 aromatic rings. The molecule has 0 radical (unpaired) electrons. The fourth-order valence-corrected chi connectivity index (χ4v) is 3.88. The monoisotopic (exact) mass is 334 g/mol. The molecule has 24 heavy (non-hydrogen) atoms. The Balaban J connectivity index is 1.38. The van der Waals surface area contributed by atoms with Crippen LogP contribution in [0.3, 0.4) is 0 Å². The Bertz CT molecular complexity index is 515. The Hall–Kier alpha value is -1.14. The lowest BCUT2D eigenvalue weighted by Crippen LogP contribution is -2.62. The summed E-state index contributed by atoms with van der Waals surface area (Å²) in [6.45, 7) is 7.01. The summed E-state index contributed by atoms with van der Waals surface area (Å²) in [5.41, 5.74) is 0.210. The molecule has 2 heterocycles. The van der Waals surface area contributed by atoms with Crippen LogP contribution < -0.4 is 10.6 Å². The molecule has 0 aromatic heterocycles. The lowest BCUT2D eigenvalue weighted by molar-refractivity contribution is -0.115. The summed E-state index contributed by atoms with van der Waals surface area (Å²) in [4.78, 5) is 20.8. The van der Waals surface area contributed by atoms with Crippen LogP contribution in [0.1, 0.15) is 45.4 Å². The summed E-state index contributed by atoms with van der Waals surface area (Å²) in [5.74, 6) is 1.49. The van der Waals surface area contributed by atoms with E-state index in [1.165, 1.54) is 25.7 Å². The highest BCUT2D eigenvalue weighted by atomic mass is 16.7. The van der Waals surface area contributed by atoms with Crippen LogP contribution in [-0.2, 0) is 9.63 Å². The van der Waals surface area contributed by atoms with E-state index in [0.29, 0.717) is 24.1 Å². The molecule has 2 aliphatic heterocycles. The Morgan fingerprint density at radius 2 is 2.00 bits per heavy atom. The first-order valence-corrected chi connectivity index (χ1v) is 9.67. The van der Waals surface area contributed by atoms with Crippen molar-refractivity contribution in [1.82, 2.24) is 15.5 Å². The van der Waals surface area contributed by atoms with Crippen molar-refractivity contribution in [2.75, 3.05) is 32.7 Å². The lowest BCUT2D eigenvalue weighted by atomic mass is 9.83. The predicted octanol–water partition coefficient (Wildman–Crippen LogP) is 1.12. The summed E-state index contributed by atoms with van der Waals surface area (Å²) in [5, 5.41) is 11.0. The molecule has 2 aliphatic carbocycles. The maximum atomic E-state index is 12.4. The van der Waals surface area contributed by atoms with Crippen molar-refractivity contribution in [2.24, 2.45) is 17.0 Å². The normalized spacial score (nSPS) is 33.4. The van der Waals surface area contributed by atoms with Crippen molar-refractivity contribution < 1.29 is 9.63 Å². The number of likely N-dealkylation sites (tertiary alicyclic amines) is 1. The third-order valence-corrected chi connectivity index (χ3v) is 5.97. The van der Waals surface area contributed by atoms with Gasteiger partial charge in [0.2, 0.25) is 0 Å². The fraction of sp³-hybridized carbons (Fsp3) is 0.889. The van der Waals surface area contributed by atoms with Crippen molar-refractivity contribution in [3.63, 3.8) is 0 Å². The molecule has 2 atom stereocenters. The zero-order valence-corrected chi connectivity index (χ0v) is 14.7. The highest BCUT2D eigenvalue weighted by molar-refractivity contribution is 6.39.